The normalized spacial score (nSPS) is 32.9. The Hall–Kier alpha value is -0.990. The van der Waals surface area contributed by atoms with Crippen LogP contribution in [0.3, 0.4) is 0 Å². The molecule has 1 fully saturated rings. The number of carboxylic acid groups (broad SMARTS) is 1. The number of hydrogen-bond acceptors (Lipinski definition) is 4. The molecule has 0 bridgehead atoms. The minimum absolute atomic E-state index is 0.286. The van der Waals surface area contributed by atoms with Gasteiger partial charge in [-0.2, -0.15) is 0 Å². The first-order valence-electron chi connectivity index (χ1n) is 6.02. The van der Waals surface area contributed by atoms with Crippen molar-refractivity contribution in [2.45, 2.75) is 18.1 Å². The zero-order valence-electron chi connectivity index (χ0n) is 10.0. The van der Waals surface area contributed by atoms with E-state index in [1.54, 1.807) is 4.90 Å². The van der Waals surface area contributed by atoms with Crippen LogP contribution in [0.15, 0.2) is 18.2 Å². The Labute approximate surface area is 123 Å². The summed E-state index contributed by atoms with van der Waals surface area (Å²) in [5.74, 6) is -1.88. The van der Waals surface area contributed by atoms with Gasteiger partial charge in [0.05, 0.1) is 6.04 Å². The smallest absolute Gasteiger partial charge is 0.312 e. The predicted molar refractivity (Wildman–Crippen MR) is 76.4 cm³/mol. The molecule has 100 valence electrons. The Morgan fingerprint density at radius 1 is 1.58 bits per heavy atom. The number of nitrogens with two attached hydrogens (primary N) is 1. The summed E-state index contributed by atoms with van der Waals surface area (Å²) in [7, 11) is 0. The van der Waals surface area contributed by atoms with E-state index in [4.69, 9.17) is 5.73 Å². The van der Waals surface area contributed by atoms with Crippen molar-refractivity contribution in [1.29, 1.82) is 0 Å². The third kappa shape index (κ3) is 1.60. The van der Waals surface area contributed by atoms with Crippen LogP contribution in [0, 0.1) is 9.49 Å². The van der Waals surface area contributed by atoms with Gasteiger partial charge in [0.15, 0.2) is 6.29 Å². The van der Waals surface area contributed by atoms with Crippen molar-refractivity contribution in [3.8, 4) is 0 Å². The molecule has 19 heavy (non-hydrogen) atoms. The summed E-state index contributed by atoms with van der Waals surface area (Å²) in [6.07, 6.45) is 1.37. The summed E-state index contributed by atoms with van der Waals surface area (Å²) in [6.45, 7) is 0.622. The number of rotatable bonds is 2. The van der Waals surface area contributed by atoms with Crippen molar-refractivity contribution in [2.75, 3.05) is 6.54 Å². The number of carbonyl (C=O) groups excluding carboxylic acids is 1. The van der Waals surface area contributed by atoms with E-state index >= 15 is 0 Å². The van der Waals surface area contributed by atoms with Crippen molar-refractivity contribution in [3.63, 3.8) is 0 Å². The van der Waals surface area contributed by atoms with Gasteiger partial charge in [0.1, 0.15) is 11.6 Å². The van der Waals surface area contributed by atoms with Gasteiger partial charge in [0, 0.05) is 10.1 Å². The molecule has 3 unspecified atom stereocenters. The van der Waals surface area contributed by atoms with Crippen LogP contribution in [0.1, 0.15) is 17.2 Å². The molecule has 2 aliphatic heterocycles. The number of aldehydes is 1. The van der Waals surface area contributed by atoms with E-state index in [-0.39, 0.29) is 6.04 Å². The summed E-state index contributed by atoms with van der Waals surface area (Å²) in [5.41, 5.74) is 6.78. The van der Waals surface area contributed by atoms with Crippen LogP contribution >= 0.6 is 22.6 Å². The second-order valence-corrected chi connectivity index (χ2v) is 6.18. The fourth-order valence-electron chi connectivity index (χ4n) is 3.27. The largest absolute Gasteiger partial charge is 0.481 e. The molecule has 0 spiro atoms. The van der Waals surface area contributed by atoms with Crippen molar-refractivity contribution in [3.05, 3.63) is 32.9 Å². The first-order valence-corrected chi connectivity index (χ1v) is 7.10. The van der Waals surface area contributed by atoms with Crippen molar-refractivity contribution in [2.24, 2.45) is 11.7 Å². The molecule has 3 rings (SSSR count). The van der Waals surface area contributed by atoms with Gasteiger partial charge < -0.3 is 10.8 Å². The molecule has 6 heteroatoms. The van der Waals surface area contributed by atoms with Crippen LogP contribution in [0.25, 0.3) is 0 Å². The molecule has 5 nitrogen and oxygen atoms in total. The molecule has 1 aromatic rings. The van der Waals surface area contributed by atoms with Gasteiger partial charge in [-0.3, -0.25) is 14.5 Å². The molecule has 2 heterocycles. The highest BCUT2D eigenvalue weighted by Crippen LogP contribution is 2.51. The van der Waals surface area contributed by atoms with Crippen LogP contribution in [0.4, 0.5) is 0 Å². The lowest BCUT2D eigenvalue weighted by atomic mass is 9.68. The molecule has 0 amide bonds. The SMILES string of the molecule is NC1(C=O)C(C(=O)O)C2c3cccc(I)c3CCN21. The maximum absolute atomic E-state index is 11.4. The number of hydrogen-bond donors (Lipinski definition) is 2. The fraction of sp³-hybridized carbons (Fsp3) is 0.385. The minimum Gasteiger partial charge on any atom is -0.481 e. The molecule has 3 atom stereocenters. The minimum atomic E-state index is -1.37. The Kier molecular flexibility index (Phi) is 2.91. The number of carboxylic acids is 1. The third-order valence-corrected chi connectivity index (χ3v) is 5.19. The molecule has 1 aromatic carbocycles. The quantitative estimate of drug-likeness (QED) is 0.592. The average Bonchev–Trinajstić information content (AvgIpc) is 2.37. The lowest BCUT2D eigenvalue weighted by molar-refractivity contribution is -0.184. The molecule has 3 N–H and O–H groups in total. The highest BCUT2D eigenvalue weighted by molar-refractivity contribution is 14.1. The van der Waals surface area contributed by atoms with Crippen molar-refractivity contribution in [1.82, 2.24) is 4.90 Å². The second kappa shape index (κ2) is 4.26. The van der Waals surface area contributed by atoms with Crippen LogP contribution in [0.2, 0.25) is 0 Å². The summed E-state index contributed by atoms with van der Waals surface area (Å²) in [4.78, 5) is 24.5. The fourth-order valence-corrected chi connectivity index (χ4v) is 4.06. The lowest BCUT2D eigenvalue weighted by Gasteiger charge is -2.60. The Balaban J connectivity index is 2.10. The standard InChI is InChI=1S/C13H13IN2O3/c14-9-3-1-2-8-7(9)4-5-16-11(8)10(12(18)19)13(16,15)6-17/h1-3,6,10-11H,4-5,15H2,(H,18,19). The van der Waals surface area contributed by atoms with E-state index in [0.29, 0.717) is 12.8 Å². The number of benzene rings is 1. The van der Waals surface area contributed by atoms with Crippen LogP contribution < -0.4 is 5.73 Å². The highest BCUT2D eigenvalue weighted by Gasteiger charge is 2.63. The number of aliphatic carboxylic acids is 1. The van der Waals surface area contributed by atoms with Crippen LogP contribution in [0.5, 0.6) is 0 Å². The van der Waals surface area contributed by atoms with Gasteiger partial charge in [-0.05, 0) is 46.2 Å². The first kappa shape index (κ1) is 13.0. The van der Waals surface area contributed by atoms with E-state index < -0.39 is 17.6 Å². The van der Waals surface area contributed by atoms with Gasteiger partial charge >= 0.3 is 5.97 Å². The highest BCUT2D eigenvalue weighted by atomic mass is 127. The van der Waals surface area contributed by atoms with Crippen LogP contribution in [-0.2, 0) is 16.0 Å². The summed E-state index contributed by atoms with van der Waals surface area (Å²) >= 11 is 2.26. The van der Waals surface area contributed by atoms with Gasteiger partial charge in [-0.1, -0.05) is 12.1 Å². The Morgan fingerprint density at radius 3 is 2.95 bits per heavy atom. The van der Waals surface area contributed by atoms with E-state index in [1.165, 1.54) is 5.56 Å². The van der Waals surface area contributed by atoms with Gasteiger partial charge in [-0.25, -0.2) is 0 Å². The van der Waals surface area contributed by atoms with E-state index in [9.17, 15) is 14.7 Å². The van der Waals surface area contributed by atoms with E-state index in [2.05, 4.69) is 22.6 Å². The van der Waals surface area contributed by atoms with E-state index in [1.807, 2.05) is 18.2 Å². The Bertz CT molecular complexity index is 577. The maximum Gasteiger partial charge on any atom is 0.312 e. The van der Waals surface area contributed by atoms with Gasteiger partial charge in [0.25, 0.3) is 0 Å². The first-order chi connectivity index (χ1) is 9.00. The molecular formula is C13H13IN2O3. The van der Waals surface area contributed by atoms with Gasteiger partial charge in [-0.15, -0.1) is 0 Å². The van der Waals surface area contributed by atoms with Crippen molar-refractivity contribution < 1.29 is 14.7 Å². The predicted octanol–water partition coefficient (Wildman–Crippen LogP) is 0.759. The molecule has 1 saturated heterocycles. The third-order valence-electron chi connectivity index (χ3n) is 4.18. The number of nitrogens with zero attached hydrogens (tertiary/aromatic N) is 1. The van der Waals surface area contributed by atoms with Crippen molar-refractivity contribution >= 4 is 34.8 Å². The average molecular weight is 372 g/mol. The van der Waals surface area contributed by atoms with Crippen LogP contribution in [-0.4, -0.2) is 34.5 Å². The number of fused-ring (bicyclic) bond motifs is 3. The number of carbonyl (C=O) groups is 2. The monoisotopic (exact) mass is 372 g/mol. The molecule has 0 radical (unpaired) electrons. The Morgan fingerprint density at radius 2 is 2.32 bits per heavy atom. The molecule has 0 aromatic heterocycles. The zero-order valence-corrected chi connectivity index (χ0v) is 12.2. The topological polar surface area (TPSA) is 83.6 Å². The molecule has 2 aliphatic rings. The second-order valence-electron chi connectivity index (χ2n) is 5.02. The summed E-state index contributed by atoms with van der Waals surface area (Å²) in [6, 6.07) is 5.58. The summed E-state index contributed by atoms with van der Waals surface area (Å²) in [5, 5.41) is 9.37. The number of halogens is 1. The van der Waals surface area contributed by atoms with E-state index in [0.717, 1.165) is 15.6 Å². The molecule has 0 aliphatic carbocycles. The zero-order chi connectivity index (χ0) is 13.8. The maximum atomic E-state index is 11.4. The van der Waals surface area contributed by atoms with Gasteiger partial charge in [0.2, 0.25) is 0 Å². The molecular weight excluding hydrogens is 359 g/mol. The lowest BCUT2D eigenvalue weighted by Crippen LogP contribution is -2.77. The summed E-state index contributed by atoms with van der Waals surface area (Å²) < 4.78 is 1.14. The molecule has 0 saturated carbocycles.